The number of hydrogen-bond acceptors (Lipinski definition) is 7. The molecule has 0 aliphatic carbocycles. The second-order valence-electron chi connectivity index (χ2n) is 9.73. The molecule has 1 unspecified atom stereocenters. The molecule has 5 rings (SSSR count). The molecule has 204 valence electrons. The van der Waals surface area contributed by atoms with Gasteiger partial charge in [-0.15, -0.1) is 28.1 Å². The van der Waals surface area contributed by atoms with E-state index in [4.69, 9.17) is 9.72 Å². The van der Waals surface area contributed by atoms with Gasteiger partial charge in [-0.3, -0.25) is 9.36 Å². The van der Waals surface area contributed by atoms with E-state index in [-0.39, 0.29) is 17.8 Å². The highest BCUT2D eigenvalue weighted by molar-refractivity contribution is 7.99. The molecule has 7 nitrogen and oxygen atoms in total. The van der Waals surface area contributed by atoms with Crippen LogP contribution >= 0.6 is 23.1 Å². The molecule has 5 aromatic rings. The van der Waals surface area contributed by atoms with Crippen molar-refractivity contribution in [2.75, 3.05) is 11.1 Å². The summed E-state index contributed by atoms with van der Waals surface area (Å²) in [6.45, 7) is 12.5. The fourth-order valence-corrected chi connectivity index (χ4v) is 6.27. The lowest BCUT2D eigenvalue weighted by atomic mass is 10.1. The number of rotatable bonds is 10. The molecule has 2 aromatic heterocycles. The van der Waals surface area contributed by atoms with Gasteiger partial charge < -0.3 is 10.1 Å². The Morgan fingerprint density at radius 2 is 1.80 bits per heavy atom. The van der Waals surface area contributed by atoms with Gasteiger partial charge in [0.25, 0.3) is 0 Å². The number of amides is 1. The molecular weight excluding hydrogens is 539 g/mol. The van der Waals surface area contributed by atoms with Gasteiger partial charge in [-0.2, -0.15) is 0 Å². The van der Waals surface area contributed by atoms with Crippen LogP contribution in [0.1, 0.15) is 35.5 Å². The van der Waals surface area contributed by atoms with Crippen LogP contribution in [-0.4, -0.2) is 31.4 Å². The molecule has 1 amide bonds. The first-order valence-corrected chi connectivity index (χ1v) is 14.8. The maximum atomic E-state index is 12.8. The average Bonchev–Trinajstić information content (AvgIpc) is 3.51. The van der Waals surface area contributed by atoms with Gasteiger partial charge in [-0.1, -0.05) is 30.0 Å². The van der Waals surface area contributed by atoms with E-state index in [1.54, 1.807) is 17.4 Å². The second kappa shape index (κ2) is 12.1. The van der Waals surface area contributed by atoms with Crippen LogP contribution in [0.2, 0.25) is 0 Å². The van der Waals surface area contributed by atoms with Crippen molar-refractivity contribution in [1.29, 1.82) is 0 Å². The van der Waals surface area contributed by atoms with Crippen molar-refractivity contribution in [3.05, 3.63) is 95.8 Å². The Hall–Kier alpha value is -3.95. The molecule has 1 N–H and O–H groups in total. The fraction of sp³-hybridized carbons (Fsp3) is 0.226. The summed E-state index contributed by atoms with van der Waals surface area (Å²) in [7, 11) is 0. The number of thiazole rings is 1. The van der Waals surface area contributed by atoms with Crippen molar-refractivity contribution >= 4 is 44.9 Å². The first-order valence-electron chi connectivity index (χ1n) is 13.0. The zero-order chi connectivity index (χ0) is 28.2. The van der Waals surface area contributed by atoms with Crippen molar-refractivity contribution in [1.82, 2.24) is 19.7 Å². The number of fused-ring (bicyclic) bond motifs is 1. The molecule has 0 saturated heterocycles. The van der Waals surface area contributed by atoms with Gasteiger partial charge in [0.15, 0.2) is 17.1 Å². The fourth-order valence-electron chi connectivity index (χ4n) is 4.44. The number of nitrogens with one attached hydrogen (secondary N) is 1. The van der Waals surface area contributed by atoms with Crippen LogP contribution in [-0.2, 0) is 11.3 Å². The Labute approximate surface area is 242 Å². The average molecular weight is 570 g/mol. The molecule has 0 radical (unpaired) electrons. The molecule has 0 bridgehead atoms. The van der Waals surface area contributed by atoms with E-state index in [0.29, 0.717) is 17.5 Å². The van der Waals surface area contributed by atoms with Crippen LogP contribution in [0.15, 0.2) is 78.5 Å². The largest absolute Gasteiger partial charge is 0.483 e. The minimum atomic E-state index is -0.324. The summed E-state index contributed by atoms with van der Waals surface area (Å²) in [6.07, 6.45) is 1.46. The Bertz CT molecular complexity index is 1650. The summed E-state index contributed by atoms with van der Waals surface area (Å²) in [5.41, 5.74) is 6.25. The number of allylic oxidation sites excluding steroid dienone is 1. The van der Waals surface area contributed by atoms with E-state index in [2.05, 4.69) is 47.2 Å². The third-order valence-corrected chi connectivity index (χ3v) is 8.25. The topological polar surface area (TPSA) is 81.9 Å². The first-order chi connectivity index (χ1) is 19.3. The van der Waals surface area contributed by atoms with Crippen molar-refractivity contribution in [3.8, 4) is 16.3 Å². The lowest BCUT2D eigenvalue weighted by molar-refractivity contribution is -0.113. The SMILES string of the molecule is C=CCn1c(SCC(=O)Nc2ccc(-c3nc4ccc(C)cc4s3)cc2)nnc1C(C)Oc1cc(C)cc(C)c1. The van der Waals surface area contributed by atoms with Crippen LogP contribution in [0.4, 0.5) is 5.69 Å². The molecule has 9 heteroatoms. The zero-order valence-electron chi connectivity index (χ0n) is 23.0. The number of aromatic nitrogens is 4. The van der Waals surface area contributed by atoms with E-state index in [0.717, 1.165) is 38.7 Å². The monoisotopic (exact) mass is 569 g/mol. The third-order valence-electron chi connectivity index (χ3n) is 6.22. The number of aryl methyl sites for hydroxylation is 3. The highest BCUT2D eigenvalue weighted by Crippen LogP contribution is 2.31. The van der Waals surface area contributed by atoms with E-state index in [9.17, 15) is 4.79 Å². The quantitative estimate of drug-likeness (QED) is 0.138. The van der Waals surface area contributed by atoms with Gasteiger partial charge in [0.1, 0.15) is 10.8 Å². The molecule has 0 spiro atoms. The number of thioether (sulfide) groups is 1. The van der Waals surface area contributed by atoms with Crippen molar-refractivity contribution < 1.29 is 9.53 Å². The summed E-state index contributed by atoms with van der Waals surface area (Å²) in [4.78, 5) is 17.5. The highest BCUT2D eigenvalue weighted by atomic mass is 32.2. The van der Waals surface area contributed by atoms with Crippen molar-refractivity contribution in [3.63, 3.8) is 0 Å². The lowest BCUT2D eigenvalue weighted by Crippen LogP contribution is -2.15. The summed E-state index contributed by atoms with van der Waals surface area (Å²) in [5, 5.41) is 13.3. The molecule has 0 fully saturated rings. The third kappa shape index (κ3) is 6.43. The Kier molecular flexibility index (Phi) is 8.32. The molecule has 0 aliphatic heterocycles. The predicted molar refractivity (Wildman–Crippen MR) is 164 cm³/mol. The maximum Gasteiger partial charge on any atom is 0.234 e. The molecular formula is C31H31N5O2S2. The molecule has 2 heterocycles. The lowest BCUT2D eigenvalue weighted by Gasteiger charge is -2.16. The number of hydrogen-bond donors (Lipinski definition) is 1. The summed E-state index contributed by atoms with van der Waals surface area (Å²) >= 11 is 3.00. The number of benzene rings is 3. The molecule has 3 aromatic carbocycles. The Balaban J connectivity index is 1.21. The smallest absolute Gasteiger partial charge is 0.234 e. The van der Waals surface area contributed by atoms with Crippen LogP contribution in [0, 0.1) is 20.8 Å². The Morgan fingerprint density at radius 3 is 2.52 bits per heavy atom. The van der Waals surface area contributed by atoms with E-state index in [1.165, 1.54) is 22.0 Å². The van der Waals surface area contributed by atoms with E-state index >= 15 is 0 Å². The zero-order valence-corrected chi connectivity index (χ0v) is 24.6. The molecule has 0 aliphatic rings. The molecule has 40 heavy (non-hydrogen) atoms. The van der Waals surface area contributed by atoms with Crippen molar-refractivity contribution in [2.24, 2.45) is 0 Å². The number of nitrogens with zero attached hydrogens (tertiary/aromatic N) is 4. The van der Waals surface area contributed by atoms with Gasteiger partial charge in [-0.25, -0.2) is 4.98 Å². The van der Waals surface area contributed by atoms with Crippen LogP contribution in [0.5, 0.6) is 5.75 Å². The normalized spacial score (nSPS) is 11.9. The van der Waals surface area contributed by atoms with Crippen LogP contribution in [0.25, 0.3) is 20.8 Å². The van der Waals surface area contributed by atoms with Gasteiger partial charge >= 0.3 is 0 Å². The minimum Gasteiger partial charge on any atom is -0.483 e. The van der Waals surface area contributed by atoms with Gasteiger partial charge in [0.05, 0.1) is 16.0 Å². The molecule has 1 atom stereocenters. The minimum absolute atomic E-state index is 0.123. The number of carbonyl (C=O) groups is 1. The van der Waals surface area contributed by atoms with Crippen LogP contribution in [0.3, 0.4) is 0 Å². The number of ether oxygens (including phenoxy) is 1. The summed E-state index contributed by atoms with van der Waals surface area (Å²) in [5.74, 6) is 1.54. The summed E-state index contributed by atoms with van der Waals surface area (Å²) < 4.78 is 9.29. The van der Waals surface area contributed by atoms with Gasteiger partial charge in [0, 0.05) is 17.8 Å². The van der Waals surface area contributed by atoms with E-state index < -0.39 is 0 Å². The Morgan fingerprint density at radius 1 is 1.05 bits per heavy atom. The first kappa shape index (κ1) is 27.6. The maximum absolute atomic E-state index is 12.8. The predicted octanol–water partition coefficient (Wildman–Crippen LogP) is 7.54. The van der Waals surface area contributed by atoms with Gasteiger partial charge in [0.2, 0.25) is 5.91 Å². The standard InChI is InChI=1S/C31H31N5O2S2/c1-6-13-36-29(22(5)38-25-15-20(3)14-21(4)16-25)34-35-31(36)39-18-28(37)32-24-10-8-23(9-11-24)30-33-26-12-7-19(2)17-27(26)40-30/h6-12,14-17,22H,1,13,18H2,2-5H3,(H,32,37). The van der Waals surface area contributed by atoms with E-state index in [1.807, 2.05) is 67.8 Å². The number of anilines is 1. The summed E-state index contributed by atoms with van der Waals surface area (Å²) in [6, 6.07) is 20.2. The molecule has 0 saturated carbocycles. The second-order valence-corrected chi connectivity index (χ2v) is 11.7. The van der Waals surface area contributed by atoms with Crippen molar-refractivity contribution in [2.45, 2.75) is 45.5 Å². The van der Waals surface area contributed by atoms with Gasteiger partial charge in [-0.05, 0) is 92.9 Å². The highest BCUT2D eigenvalue weighted by Gasteiger charge is 2.20. The van der Waals surface area contributed by atoms with Crippen LogP contribution < -0.4 is 10.1 Å². The number of carbonyl (C=O) groups excluding carboxylic acids is 1.